The van der Waals surface area contributed by atoms with Crippen molar-refractivity contribution in [3.8, 4) is 0 Å². The zero-order valence-corrected chi connectivity index (χ0v) is 10.9. The molecule has 3 nitrogen and oxygen atoms in total. The maximum Gasteiger partial charge on any atom is 0.315 e. The van der Waals surface area contributed by atoms with E-state index in [0.717, 1.165) is 19.4 Å². The van der Waals surface area contributed by atoms with Crippen molar-refractivity contribution in [2.24, 2.45) is 0 Å². The molecule has 0 heterocycles. The molecule has 0 aliphatic heterocycles. The fourth-order valence-electron chi connectivity index (χ4n) is 2.35. The number of urea groups is 1. The van der Waals surface area contributed by atoms with Gasteiger partial charge in [-0.1, -0.05) is 19.3 Å². The minimum Gasteiger partial charge on any atom is -0.337 e. The predicted octanol–water partition coefficient (Wildman–Crippen LogP) is 2.51. The van der Waals surface area contributed by atoms with Crippen molar-refractivity contribution in [3.05, 3.63) is 0 Å². The van der Waals surface area contributed by atoms with Gasteiger partial charge in [-0.15, -0.1) is 0 Å². The largest absolute Gasteiger partial charge is 0.337 e. The lowest BCUT2D eigenvalue weighted by Crippen LogP contribution is -2.46. The number of rotatable bonds is 4. The van der Waals surface area contributed by atoms with Gasteiger partial charge in [-0.2, -0.15) is 11.8 Å². The number of thioether (sulfide) groups is 1. The van der Waals surface area contributed by atoms with Crippen molar-refractivity contribution in [1.29, 1.82) is 0 Å². The molecule has 0 atom stereocenters. The molecular formula is C12H22N2OS. The molecule has 0 bridgehead atoms. The van der Waals surface area contributed by atoms with Crippen LogP contribution in [-0.4, -0.2) is 29.6 Å². The minimum absolute atomic E-state index is 0.0292. The SMILES string of the molecule is CSC1(CNC(=O)NC2CC2)CCCCC1. The first-order valence-electron chi connectivity index (χ1n) is 6.34. The highest BCUT2D eigenvalue weighted by Crippen LogP contribution is 2.37. The van der Waals surface area contributed by atoms with Crippen LogP contribution < -0.4 is 10.6 Å². The third-order valence-electron chi connectivity index (χ3n) is 3.68. The Balaban J connectivity index is 1.74. The van der Waals surface area contributed by atoms with E-state index in [1.165, 1.54) is 32.1 Å². The molecule has 2 amide bonds. The lowest BCUT2D eigenvalue weighted by Gasteiger charge is -2.35. The molecule has 92 valence electrons. The van der Waals surface area contributed by atoms with Gasteiger partial charge < -0.3 is 10.6 Å². The maximum absolute atomic E-state index is 11.6. The maximum atomic E-state index is 11.6. The topological polar surface area (TPSA) is 41.1 Å². The van der Waals surface area contributed by atoms with Crippen LogP contribution in [0.25, 0.3) is 0 Å². The quantitative estimate of drug-likeness (QED) is 0.795. The van der Waals surface area contributed by atoms with E-state index in [9.17, 15) is 4.79 Å². The van der Waals surface area contributed by atoms with Crippen molar-refractivity contribution in [2.75, 3.05) is 12.8 Å². The summed E-state index contributed by atoms with van der Waals surface area (Å²) < 4.78 is 0.305. The summed E-state index contributed by atoms with van der Waals surface area (Å²) in [5.74, 6) is 0. The van der Waals surface area contributed by atoms with E-state index >= 15 is 0 Å². The number of hydrogen-bond donors (Lipinski definition) is 2. The molecule has 0 radical (unpaired) electrons. The predicted molar refractivity (Wildman–Crippen MR) is 68.9 cm³/mol. The fraction of sp³-hybridized carbons (Fsp3) is 0.917. The number of nitrogens with one attached hydrogen (secondary N) is 2. The molecule has 0 aromatic heterocycles. The summed E-state index contributed by atoms with van der Waals surface area (Å²) in [6.07, 6.45) is 11.0. The number of hydrogen-bond acceptors (Lipinski definition) is 2. The van der Waals surface area contributed by atoms with Gasteiger partial charge in [0.1, 0.15) is 0 Å². The summed E-state index contributed by atoms with van der Waals surface area (Å²) in [6.45, 7) is 0.826. The Bertz CT molecular complexity index is 247. The van der Waals surface area contributed by atoms with Crippen molar-refractivity contribution < 1.29 is 4.79 Å². The molecule has 0 aromatic carbocycles. The number of carbonyl (C=O) groups is 1. The van der Waals surface area contributed by atoms with E-state index in [4.69, 9.17) is 0 Å². The monoisotopic (exact) mass is 242 g/mol. The highest BCUT2D eigenvalue weighted by atomic mass is 32.2. The molecule has 0 aromatic rings. The van der Waals surface area contributed by atoms with E-state index in [1.54, 1.807) is 0 Å². The van der Waals surface area contributed by atoms with Gasteiger partial charge in [0.15, 0.2) is 0 Å². The third kappa shape index (κ3) is 3.30. The van der Waals surface area contributed by atoms with Crippen LogP contribution in [0, 0.1) is 0 Å². The van der Waals surface area contributed by atoms with Gasteiger partial charge in [0.05, 0.1) is 0 Å². The van der Waals surface area contributed by atoms with Crippen LogP contribution in [0.2, 0.25) is 0 Å². The van der Waals surface area contributed by atoms with Crippen LogP contribution in [0.1, 0.15) is 44.9 Å². The lowest BCUT2D eigenvalue weighted by molar-refractivity contribution is 0.237. The fourth-order valence-corrected chi connectivity index (χ4v) is 3.27. The molecule has 4 heteroatoms. The minimum atomic E-state index is 0.0292. The zero-order chi connectivity index (χ0) is 11.4. The van der Waals surface area contributed by atoms with Crippen LogP contribution in [0.5, 0.6) is 0 Å². The summed E-state index contributed by atoms with van der Waals surface area (Å²) in [7, 11) is 0. The van der Waals surface area contributed by atoms with Gasteiger partial charge >= 0.3 is 6.03 Å². The van der Waals surface area contributed by atoms with Crippen LogP contribution in [-0.2, 0) is 0 Å². The molecule has 0 saturated heterocycles. The first kappa shape index (κ1) is 12.1. The van der Waals surface area contributed by atoms with Gasteiger partial charge in [-0.3, -0.25) is 0 Å². The molecule has 2 saturated carbocycles. The molecule has 0 unspecified atom stereocenters. The van der Waals surface area contributed by atoms with E-state index in [2.05, 4.69) is 16.9 Å². The first-order chi connectivity index (χ1) is 7.74. The molecular weight excluding hydrogens is 220 g/mol. The first-order valence-corrected chi connectivity index (χ1v) is 7.56. The lowest BCUT2D eigenvalue weighted by atomic mass is 9.88. The smallest absolute Gasteiger partial charge is 0.315 e. The molecule has 2 aliphatic rings. The summed E-state index contributed by atoms with van der Waals surface area (Å²) in [5, 5.41) is 6.02. The summed E-state index contributed by atoms with van der Waals surface area (Å²) in [4.78, 5) is 11.6. The molecule has 2 N–H and O–H groups in total. The Morgan fingerprint density at radius 2 is 2.00 bits per heavy atom. The highest BCUT2D eigenvalue weighted by Gasteiger charge is 2.32. The van der Waals surface area contributed by atoms with Crippen molar-refractivity contribution in [1.82, 2.24) is 10.6 Å². The van der Waals surface area contributed by atoms with E-state index in [-0.39, 0.29) is 6.03 Å². The second kappa shape index (κ2) is 5.30. The Kier molecular flexibility index (Phi) is 4.00. The Labute approximate surface area is 102 Å². The van der Waals surface area contributed by atoms with Gasteiger partial charge in [0, 0.05) is 17.3 Å². The second-order valence-electron chi connectivity index (χ2n) is 5.05. The number of amides is 2. The third-order valence-corrected chi connectivity index (χ3v) is 5.10. The van der Waals surface area contributed by atoms with Crippen molar-refractivity contribution >= 4 is 17.8 Å². The molecule has 2 rings (SSSR count). The van der Waals surface area contributed by atoms with Gasteiger partial charge in [-0.25, -0.2) is 4.79 Å². The summed E-state index contributed by atoms with van der Waals surface area (Å²) >= 11 is 1.93. The average molecular weight is 242 g/mol. The Morgan fingerprint density at radius 1 is 1.31 bits per heavy atom. The Morgan fingerprint density at radius 3 is 2.56 bits per heavy atom. The highest BCUT2D eigenvalue weighted by molar-refractivity contribution is 8.00. The van der Waals surface area contributed by atoms with Gasteiger partial charge in [0.25, 0.3) is 0 Å². The van der Waals surface area contributed by atoms with Gasteiger partial charge in [0.2, 0.25) is 0 Å². The summed E-state index contributed by atoms with van der Waals surface area (Å²) in [6, 6.07) is 0.484. The zero-order valence-electron chi connectivity index (χ0n) is 10.1. The van der Waals surface area contributed by atoms with Crippen molar-refractivity contribution in [2.45, 2.75) is 55.7 Å². The van der Waals surface area contributed by atoms with E-state index in [1.807, 2.05) is 11.8 Å². The second-order valence-corrected chi connectivity index (χ2v) is 6.32. The van der Waals surface area contributed by atoms with Crippen LogP contribution >= 0.6 is 11.8 Å². The standard InChI is InChI=1S/C12H22N2OS/c1-16-12(7-3-2-4-8-12)9-13-11(15)14-10-5-6-10/h10H,2-9H2,1H3,(H2,13,14,15). The average Bonchev–Trinajstić information content (AvgIpc) is 3.12. The van der Waals surface area contributed by atoms with E-state index < -0.39 is 0 Å². The summed E-state index contributed by atoms with van der Waals surface area (Å²) in [5.41, 5.74) is 0. The van der Waals surface area contributed by atoms with Crippen molar-refractivity contribution in [3.63, 3.8) is 0 Å². The van der Waals surface area contributed by atoms with Crippen LogP contribution in [0.15, 0.2) is 0 Å². The number of carbonyl (C=O) groups excluding carboxylic acids is 1. The molecule has 2 fully saturated rings. The van der Waals surface area contributed by atoms with Crippen LogP contribution in [0.3, 0.4) is 0 Å². The molecule has 2 aliphatic carbocycles. The molecule has 16 heavy (non-hydrogen) atoms. The van der Waals surface area contributed by atoms with Gasteiger partial charge in [-0.05, 0) is 31.9 Å². The Hall–Kier alpha value is -0.380. The van der Waals surface area contributed by atoms with E-state index in [0.29, 0.717) is 10.8 Å². The molecule has 0 spiro atoms. The van der Waals surface area contributed by atoms with Crippen LogP contribution in [0.4, 0.5) is 4.79 Å². The normalized spacial score (nSPS) is 23.8.